The lowest BCUT2D eigenvalue weighted by atomic mass is 9.81. The maximum absolute atomic E-state index is 12.5. The van der Waals surface area contributed by atoms with E-state index in [0.717, 1.165) is 35.1 Å². The number of pyridine rings is 2. The summed E-state index contributed by atoms with van der Waals surface area (Å²) in [6.07, 6.45) is 12.4. The number of hydrogen-bond acceptors (Lipinski definition) is 3. The Morgan fingerprint density at radius 3 is 2.70 bits per heavy atom. The molecule has 4 aromatic rings. The fourth-order valence-corrected chi connectivity index (χ4v) is 6.47. The second-order valence-electron chi connectivity index (χ2n) is 10.6. The van der Waals surface area contributed by atoms with Crippen LogP contribution < -0.4 is 0 Å². The van der Waals surface area contributed by atoms with Gasteiger partial charge in [-0.25, -0.2) is 4.98 Å². The van der Waals surface area contributed by atoms with E-state index in [9.17, 15) is 4.79 Å². The molecule has 1 saturated carbocycles. The highest BCUT2D eigenvalue weighted by Crippen LogP contribution is 2.46. The number of hydrogen-bond donors (Lipinski definition) is 0. The minimum absolute atomic E-state index is 0.00490. The summed E-state index contributed by atoms with van der Waals surface area (Å²) in [5, 5.41) is 2.29. The third-order valence-corrected chi connectivity index (χ3v) is 8.39. The van der Waals surface area contributed by atoms with Gasteiger partial charge in [0, 0.05) is 47.4 Å². The minimum atomic E-state index is -0.00490. The van der Waals surface area contributed by atoms with Crippen LogP contribution in [-0.4, -0.2) is 38.4 Å². The molecule has 1 amide bonds. The van der Waals surface area contributed by atoms with Crippen molar-refractivity contribution in [1.29, 1.82) is 0 Å². The second-order valence-corrected chi connectivity index (χ2v) is 10.6. The molecule has 1 aliphatic heterocycles. The molecule has 188 valence electrons. The summed E-state index contributed by atoms with van der Waals surface area (Å²) in [6, 6.07) is 12.8. The second kappa shape index (κ2) is 9.62. The molecule has 5 heteroatoms. The topological polar surface area (TPSA) is 51.0 Å². The molecule has 1 saturated heterocycles. The number of aromatic nitrogens is 3. The molecule has 1 atom stereocenters. The van der Waals surface area contributed by atoms with Gasteiger partial charge in [-0.3, -0.25) is 9.78 Å². The number of carbonyl (C=O) groups is 1. The van der Waals surface area contributed by atoms with E-state index in [1.165, 1.54) is 66.0 Å². The van der Waals surface area contributed by atoms with E-state index in [-0.39, 0.29) is 11.9 Å². The molecule has 2 aliphatic rings. The van der Waals surface area contributed by atoms with Gasteiger partial charge >= 0.3 is 0 Å². The van der Waals surface area contributed by atoms with Crippen molar-refractivity contribution in [3.8, 4) is 11.1 Å². The Labute approximate surface area is 218 Å². The van der Waals surface area contributed by atoms with Crippen LogP contribution >= 0.6 is 0 Å². The van der Waals surface area contributed by atoms with Crippen molar-refractivity contribution in [1.82, 2.24) is 19.4 Å². The van der Waals surface area contributed by atoms with Gasteiger partial charge in [0.25, 0.3) is 0 Å². The van der Waals surface area contributed by atoms with Gasteiger partial charge in [-0.2, -0.15) is 0 Å². The SMILES string of the molecule is C=CC(=O)N1CC[C@@H](n2c(C(=C)C3CCCCC3)c(-c3cnc4ccccc4c3)c3c(C)ccnc32)C1. The number of benzene rings is 1. The number of rotatable bonds is 5. The van der Waals surface area contributed by atoms with Crippen LogP contribution in [0.25, 0.3) is 38.6 Å². The van der Waals surface area contributed by atoms with Crippen LogP contribution in [0.2, 0.25) is 0 Å². The average Bonchev–Trinajstić information content (AvgIpc) is 3.56. The standard InChI is InChI=1S/C32H34N4O/c1-4-28(37)35-17-15-26(20-35)36-31(22(3)23-10-6-5-7-11-23)30(29-21(2)14-16-33-32(29)36)25-18-24-12-8-9-13-27(24)34-19-25/h4,8-9,12-14,16,18-19,23,26H,1,3,5-7,10-11,15,17,20H2,2H3/t26-/m1/s1. The number of allylic oxidation sites excluding steroid dienone is 1. The van der Waals surface area contributed by atoms with Crippen molar-refractivity contribution in [2.45, 2.75) is 51.5 Å². The number of nitrogens with zero attached hydrogens (tertiary/aromatic N) is 4. The van der Waals surface area contributed by atoms with Gasteiger partial charge in [0.15, 0.2) is 0 Å². The lowest BCUT2D eigenvalue weighted by Gasteiger charge is -2.27. The fourth-order valence-electron chi connectivity index (χ4n) is 6.47. The quantitative estimate of drug-likeness (QED) is 0.280. The number of amides is 1. The summed E-state index contributed by atoms with van der Waals surface area (Å²) in [5.74, 6) is 0.450. The van der Waals surface area contributed by atoms with Crippen molar-refractivity contribution in [2.24, 2.45) is 5.92 Å². The maximum Gasteiger partial charge on any atom is 0.246 e. The molecule has 0 N–H and O–H groups in total. The largest absolute Gasteiger partial charge is 0.337 e. The first kappa shape index (κ1) is 23.7. The summed E-state index contributed by atoms with van der Waals surface area (Å²) >= 11 is 0. The van der Waals surface area contributed by atoms with Gasteiger partial charge in [0.1, 0.15) is 5.65 Å². The summed E-state index contributed by atoms with van der Waals surface area (Å²) < 4.78 is 2.42. The minimum Gasteiger partial charge on any atom is -0.337 e. The third kappa shape index (κ3) is 4.07. The van der Waals surface area contributed by atoms with Crippen LogP contribution in [0.3, 0.4) is 0 Å². The van der Waals surface area contributed by atoms with Gasteiger partial charge in [-0.05, 0) is 67.5 Å². The Kier molecular flexibility index (Phi) is 6.15. The Bertz CT molecular complexity index is 1520. The Hall–Kier alpha value is -3.73. The zero-order valence-corrected chi connectivity index (χ0v) is 21.6. The predicted molar refractivity (Wildman–Crippen MR) is 151 cm³/mol. The van der Waals surface area contributed by atoms with E-state index >= 15 is 0 Å². The molecular weight excluding hydrogens is 456 g/mol. The number of aryl methyl sites for hydroxylation is 1. The van der Waals surface area contributed by atoms with Crippen molar-refractivity contribution < 1.29 is 4.79 Å². The summed E-state index contributed by atoms with van der Waals surface area (Å²) in [7, 11) is 0. The maximum atomic E-state index is 12.5. The first-order valence-corrected chi connectivity index (χ1v) is 13.5. The van der Waals surface area contributed by atoms with Crippen LogP contribution in [-0.2, 0) is 4.79 Å². The number of carbonyl (C=O) groups excluding carboxylic acids is 1. The first-order valence-electron chi connectivity index (χ1n) is 13.5. The molecule has 1 aromatic carbocycles. The van der Waals surface area contributed by atoms with E-state index in [1.807, 2.05) is 23.4 Å². The summed E-state index contributed by atoms with van der Waals surface area (Å²) in [4.78, 5) is 24.2. The zero-order chi connectivity index (χ0) is 25.5. The fraction of sp³-hybridized carbons (Fsp3) is 0.344. The molecule has 5 nitrogen and oxygen atoms in total. The smallest absolute Gasteiger partial charge is 0.246 e. The van der Waals surface area contributed by atoms with Gasteiger partial charge in [0.2, 0.25) is 5.91 Å². The van der Waals surface area contributed by atoms with Gasteiger partial charge in [0.05, 0.1) is 17.3 Å². The molecular formula is C32H34N4O. The van der Waals surface area contributed by atoms with Crippen LogP contribution in [0.5, 0.6) is 0 Å². The first-order chi connectivity index (χ1) is 18.1. The Balaban J connectivity index is 1.61. The lowest BCUT2D eigenvalue weighted by Crippen LogP contribution is -2.27. The molecule has 4 heterocycles. The molecule has 2 fully saturated rings. The van der Waals surface area contributed by atoms with E-state index in [0.29, 0.717) is 12.5 Å². The number of likely N-dealkylation sites (tertiary alicyclic amines) is 1. The molecule has 0 bridgehead atoms. The van der Waals surface area contributed by atoms with Crippen LogP contribution in [0, 0.1) is 12.8 Å². The molecule has 0 spiro atoms. The molecule has 1 aliphatic carbocycles. The Morgan fingerprint density at radius 2 is 1.89 bits per heavy atom. The zero-order valence-electron chi connectivity index (χ0n) is 21.6. The molecule has 6 rings (SSSR count). The van der Waals surface area contributed by atoms with Crippen molar-refractivity contribution in [2.75, 3.05) is 13.1 Å². The Morgan fingerprint density at radius 1 is 1.08 bits per heavy atom. The lowest BCUT2D eigenvalue weighted by molar-refractivity contribution is -0.125. The van der Waals surface area contributed by atoms with Crippen molar-refractivity contribution in [3.63, 3.8) is 0 Å². The van der Waals surface area contributed by atoms with E-state index in [4.69, 9.17) is 16.5 Å². The highest BCUT2D eigenvalue weighted by Gasteiger charge is 2.34. The van der Waals surface area contributed by atoms with Crippen molar-refractivity contribution >= 4 is 33.4 Å². The normalized spacial score (nSPS) is 18.5. The van der Waals surface area contributed by atoms with Gasteiger partial charge in [-0.15, -0.1) is 0 Å². The average molecular weight is 491 g/mol. The van der Waals surface area contributed by atoms with Crippen LogP contribution in [0.15, 0.2) is 68.0 Å². The van der Waals surface area contributed by atoms with Crippen molar-refractivity contribution in [3.05, 3.63) is 79.3 Å². The molecule has 0 unspecified atom stereocenters. The highest BCUT2D eigenvalue weighted by atomic mass is 16.2. The molecule has 37 heavy (non-hydrogen) atoms. The van der Waals surface area contributed by atoms with Crippen LogP contribution in [0.1, 0.15) is 55.8 Å². The van der Waals surface area contributed by atoms with E-state index < -0.39 is 0 Å². The van der Waals surface area contributed by atoms with Gasteiger partial charge < -0.3 is 9.47 Å². The van der Waals surface area contributed by atoms with E-state index in [1.54, 1.807) is 0 Å². The third-order valence-electron chi connectivity index (χ3n) is 8.39. The van der Waals surface area contributed by atoms with E-state index in [2.05, 4.69) is 48.4 Å². The van der Waals surface area contributed by atoms with Crippen LogP contribution in [0.4, 0.5) is 0 Å². The monoisotopic (exact) mass is 490 g/mol. The summed E-state index contributed by atoms with van der Waals surface area (Å²) in [6.45, 7) is 12.0. The number of fused-ring (bicyclic) bond motifs is 2. The molecule has 3 aromatic heterocycles. The number of para-hydroxylation sites is 1. The van der Waals surface area contributed by atoms with Gasteiger partial charge in [-0.1, -0.05) is 50.6 Å². The highest BCUT2D eigenvalue weighted by molar-refractivity contribution is 6.04. The summed E-state index contributed by atoms with van der Waals surface area (Å²) in [5.41, 5.74) is 7.83. The molecule has 0 radical (unpaired) electrons. The predicted octanol–water partition coefficient (Wildman–Crippen LogP) is 7.11.